The molecule has 1 aliphatic heterocycles. The standard InChI is InChI=1S/C13H21ClN2O5S/c1-15(2)12(18)16-6-9-4-13(11(17)21-3,5-10(9)7-16)8-22(14,19)20/h9-10H,4-8H2,1-3H3/t9-,10-/m1/s1. The quantitative estimate of drug-likeness (QED) is 0.552. The lowest BCUT2D eigenvalue weighted by molar-refractivity contribution is -0.151. The number of hydrogen-bond acceptors (Lipinski definition) is 5. The van der Waals surface area contributed by atoms with Gasteiger partial charge < -0.3 is 14.5 Å². The van der Waals surface area contributed by atoms with Crippen LogP contribution in [0.1, 0.15) is 12.8 Å². The molecule has 0 N–H and O–H groups in total. The number of likely N-dealkylation sites (tertiary alicyclic amines) is 1. The van der Waals surface area contributed by atoms with Crippen molar-refractivity contribution in [3.63, 3.8) is 0 Å². The van der Waals surface area contributed by atoms with Crippen molar-refractivity contribution >= 4 is 31.7 Å². The van der Waals surface area contributed by atoms with Gasteiger partial charge in [-0.15, -0.1) is 0 Å². The highest BCUT2D eigenvalue weighted by molar-refractivity contribution is 8.13. The summed E-state index contributed by atoms with van der Waals surface area (Å²) in [5.41, 5.74) is -1.09. The van der Waals surface area contributed by atoms with Gasteiger partial charge in [0.05, 0.1) is 18.3 Å². The molecule has 2 aliphatic rings. The van der Waals surface area contributed by atoms with E-state index in [1.165, 1.54) is 12.0 Å². The van der Waals surface area contributed by atoms with Gasteiger partial charge in [0.2, 0.25) is 9.05 Å². The normalized spacial score (nSPS) is 26.6. The highest BCUT2D eigenvalue weighted by Gasteiger charge is 2.56. The first kappa shape index (κ1) is 17.3. The smallest absolute Gasteiger partial charge is 0.319 e. The number of amides is 2. The van der Waals surface area contributed by atoms with Gasteiger partial charge in [-0.05, 0) is 24.7 Å². The van der Waals surface area contributed by atoms with Crippen molar-refractivity contribution in [1.29, 1.82) is 0 Å². The number of esters is 1. The van der Waals surface area contributed by atoms with Crippen LogP contribution in [0.2, 0.25) is 0 Å². The third kappa shape index (κ3) is 3.32. The third-order valence-electron chi connectivity index (χ3n) is 4.60. The number of urea groups is 1. The minimum atomic E-state index is -3.81. The van der Waals surface area contributed by atoms with Gasteiger partial charge >= 0.3 is 12.0 Å². The van der Waals surface area contributed by atoms with Crippen LogP contribution in [-0.2, 0) is 18.6 Å². The van der Waals surface area contributed by atoms with Gasteiger partial charge in [0.15, 0.2) is 0 Å². The second-order valence-electron chi connectivity index (χ2n) is 6.47. The summed E-state index contributed by atoms with van der Waals surface area (Å²) in [5, 5.41) is 0. The van der Waals surface area contributed by atoms with Crippen LogP contribution < -0.4 is 0 Å². The summed E-state index contributed by atoms with van der Waals surface area (Å²) in [5.74, 6) is -0.748. The molecule has 1 saturated carbocycles. The zero-order chi connectivity index (χ0) is 16.7. The van der Waals surface area contributed by atoms with E-state index in [1.807, 2.05) is 0 Å². The van der Waals surface area contributed by atoms with Crippen molar-refractivity contribution in [1.82, 2.24) is 9.80 Å². The molecule has 0 bridgehead atoms. The lowest BCUT2D eigenvalue weighted by Gasteiger charge is -2.28. The van der Waals surface area contributed by atoms with Crippen molar-refractivity contribution in [2.45, 2.75) is 12.8 Å². The van der Waals surface area contributed by atoms with E-state index in [0.29, 0.717) is 25.9 Å². The molecule has 0 aromatic heterocycles. The molecule has 2 rings (SSSR count). The average Bonchev–Trinajstić information content (AvgIpc) is 2.90. The average molecular weight is 353 g/mol. The molecule has 9 heteroatoms. The molecule has 0 unspecified atom stereocenters. The summed E-state index contributed by atoms with van der Waals surface area (Å²) in [7, 11) is 6.19. The van der Waals surface area contributed by atoms with E-state index < -0.39 is 26.2 Å². The Bertz CT molecular complexity index is 563. The van der Waals surface area contributed by atoms with Gasteiger partial charge in [0, 0.05) is 37.9 Å². The number of nitrogens with zero attached hydrogens (tertiary/aromatic N) is 2. The first-order valence-corrected chi connectivity index (χ1v) is 9.53. The van der Waals surface area contributed by atoms with Crippen LogP contribution in [0.15, 0.2) is 0 Å². The lowest BCUT2D eigenvalue weighted by Crippen LogP contribution is -2.41. The summed E-state index contributed by atoms with van der Waals surface area (Å²) in [6, 6.07) is -0.0666. The fourth-order valence-electron chi connectivity index (χ4n) is 3.82. The predicted molar refractivity (Wildman–Crippen MR) is 81.0 cm³/mol. The molecule has 126 valence electrons. The minimum absolute atomic E-state index is 0.0666. The second kappa shape index (κ2) is 5.88. The topological polar surface area (TPSA) is 84.0 Å². The molecule has 1 heterocycles. The Morgan fingerprint density at radius 3 is 2.14 bits per heavy atom. The SMILES string of the molecule is COC(=O)C1(CS(=O)(=O)Cl)C[C@@H]2CN(C(=O)N(C)C)C[C@H]2C1. The molecule has 0 spiro atoms. The second-order valence-corrected chi connectivity index (χ2v) is 9.24. The first-order valence-electron chi connectivity index (χ1n) is 7.05. The van der Waals surface area contributed by atoms with Gasteiger partial charge in [-0.1, -0.05) is 0 Å². The van der Waals surface area contributed by atoms with Gasteiger partial charge in [0.25, 0.3) is 0 Å². The summed E-state index contributed by atoms with van der Waals surface area (Å²) >= 11 is 0. The number of rotatable bonds is 3. The summed E-state index contributed by atoms with van der Waals surface area (Å²) in [4.78, 5) is 27.4. The van der Waals surface area contributed by atoms with Gasteiger partial charge in [-0.25, -0.2) is 13.2 Å². The number of halogens is 1. The van der Waals surface area contributed by atoms with E-state index in [4.69, 9.17) is 15.4 Å². The number of fused-ring (bicyclic) bond motifs is 1. The molecular formula is C13H21ClN2O5S. The van der Waals surface area contributed by atoms with Crippen molar-refractivity contribution in [3.05, 3.63) is 0 Å². The zero-order valence-corrected chi connectivity index (χ0v) is 14.5. The van der Waals surface area contributed by atoms with E-state index >= 15 is 0 Å². The van der Waals surface area contributed by atoms with Crippen LogP contribution in [0.25, 0.3) is 0 Å². The molecule has 2 atom stereocenters. The van der Waals surface area contributed by atoms with E-state index in [1.54, 1.807) is 19.0 Å². The minimum Gasteiger partial charge on any atom is -0.469 e. The van der Waals surface area contributed by atoms with Crippen molar-refractivity contribution in [2.24, 2.45) is 17.3 Å². The monoisotopic (exact) mass is 352 g/mol. The number of carbonyl (C=O) groups is 2. The number of carbonyl (C=O) groups excluding carboxylic acids is 2. The Labute approximate surface area is 134 Å². The first-order chi connectivity index (χ1) is 10.1. The summed E-state index contributed by atoms with van der Waals surface area (Å²) in [6.45, 7) is 1.06. The zero-order valence-electron chi connectivity index (χ0n) is 12.9. The number of ether oxygens (including phenoxy) is 1. The van der Waals surface area contributed by atoms with Crippen LogP contribution >= 0.6 is 10.7 Å². The molecule has 1 saturated heterocycles. The van der Waals surface area contributed by atoms with Gasteiger partial charge in [0.1, 0.15) is 0 Å². The molecule has 22 heavy (non-hydrogen) atoms. The molecule has 0 radical (unpaired) electrons. The molecule has 7 nitrogen and oxygen atoms in total. The highest BCUT2D eigenvalue weighted by Crippen LogP contribution is 2.50. The van der Waals surface area contributed by atoms with Gasteiger partial charge in [-0.3, -0.25) is 4.79 Å². The van der Waals surface area contributed by atoms with E-state index in [-0.39, 0.29) is 17.9 Å². The van der Waals surface area contributed by atoms with Crippen molar-refractivity contribution < 1.29 is 22.7 Å². The molecule has 2 amide bonds. The fraction of sp³-hybridized carbons (Fsp3) is 0.846. The maximum Gasteiger partial charge on any atom is 0.319 e. The predicted octanol–water partition coefficient (Wildman–Crippen LogP) is 0.738. The molecule has 0 aromatic rings. The lowest BCUT2D eigenvalue weighted by atomic mass is 9.86. The molecule has 0 aromatic carbocycles. The Kier molecular flexibility index (Phi) is 4.64. The Morgan fingerprint density at radius 1 is 1.27 bits per heavy atom. The molecular weight excluding hydrogens is 332 g/mol. The van der Waals surface area contributed by atoms with E-state index in [0.717, 1.165) is 0 Å². The fourth-order valence-corrected chi connectivity index (χ4v) is 5.46. The highest BCUT2D eigenvalue weighted by atomic mass is 35.7. The largest absolute Gasteiger partial charge is 0.469 e. The van der Waals surface area contributed by atoms with Crippen LogP contribution in [0.4, 0.5) is 4.79 Å². The number of methoxy groups -OCH3 is 1. The van der Waals surface area contributed by atoms with Crippen molar-refractivity contribution in [3.8, 4) is 0 Å². The Hall–Kier alpha value is -1.02. The van der Waals surface area contributed by atoms with Crippen LogP contribution in [0, 0.1) is 17.3 Å². The number of hydrogen-bond donors (Lipinski definition) is 0. The van der Waals surface area contributed by atoms with E-state index in [2.05, 4.69) is 0 Å². The van der Waals surface area contributed by atoms with Gasteiger partial charge in [-0.2, -0.15) is 0 Å². The summed E-state index contributed by atoms with van der Waals surface area (Å²) < 4.78 is 27.8. The van der Waals surface area contributed by atoms with Crippen LogP contribution in [0.5, 0.6) is 0 Å². The molecule has 1 aliphatic carbocycles. The van der Waals surface area contributed by atoms with E-state index in [9.17, 15) is 18.0 Å². The van der Waals surface area contributed by atoms with Crippen LogP contribution in [-0.4, -0.2) is 70.3 Å². The Balaban J connectivity index is 2.15. The Morgan fingerprint density at radius 2 is 1.77 bits per heavy atom. The summed E-state index contributed by atoms with van der Waals surface area (Å²) in [6.07, 6.45) is 0.765. The van der Waals surface area contributed by atoms with Crippen LogP contribution in [0.3, 0.4) is 0 Å². The maximum absolute atomic E-state index is 12.1. The molecule has 2 fully saturated rings. The van der Waals surface area contributed by atoms with Crippen molar-refractivity contribution in [2.75, 3.05) is 40.0 Å². The maximum atomic E-state index is 12.1. The third-order valence-corrected chi connectivity index (χ3v) is 5.83.